The van der Waals surface area contributed by atoms with Crippen LogP contribution in [-0.2, 0) is 16.6 Å². The van der Waals surface area contributed by atoms with E-state index in [0.717, 1.165) is 36.1 Å². The first-order chi connectivity index (χ1) is 11.0. The minimum atomic E-state index is -0.278. The molecule has 3 aliphatic rings. The molecule has 122 valence electrons. The molecule has 0 unspecified atom stereocenters. The zero-order valence-corrected chi connectivity index (χ0v) is 13.9. The lowest BCUT2D eigenvalue weighted by Gasteiger charge is -2.56. The third-order valence-corrected chi connectivity index (χ3v) is 6.25. The standard InChI is InChI=1S/C19H23NO3/c1-11-8-13-14-9-12-4-5-16(23-3)18(22)17(12)19(13,10-15(11)21)6-7-20(14)2/h4-5,8,13-14,22H,6-7,9-10H2,1-3H3/t13-,14+,19-/m0/s1. The summed E-state index contributed by atoms with van der Waals surface area (Å²) in [5.41, 5.74) is 2.72. The van der Waals surface area contributed by atoms with Crippen molar-refractivity contribution in [1.29, 1.82) is 0 Å². The number of rotatable bonds is 1. The molecular weight excluding hydrogens is 290 g/mol. The van der Waals surface area contributed by atoms with Crippen LogP contribution in [0.25, 0.3) is 0 Å². The lowest BCUT2D eigenvalue weighted by molar-refractivity contribution is -0.119. The fourth-order valence-electron chi connectivity index (χ4n) is 5.01. The van der Waals surface area contributed by atoms with E-state index in [1.54, 1.807) is 7.11 Å². The molecule has 1 aliphatic heterocycles. The number of hydrogen-bond acceptors (Lipinski definition) is 4. The van der Waals surface area contributed by atoms with Gasteiger partial charge in [-0.3, -0.25) is 4.79 Å². The summed E-state index contributed by atoms with van der Waals surface area (Å²) >= 11 is 0. The van der Waals surface area contributed by atoms with E-state index in [2.05, 4.69) is 24.1 Å². The molecule has 0 saturated carbocycles. The van der Waals surface area contributed by atoms with Gasteiger partial charge in [0.05, 0.1) is 7.11 Å². The van der Waals surface area contributed by atoms with Crippen molar-refractivity contribution in [3.63, 3.8) is 0 Å². The van der Waals surface area contributed by atoms with Gasteiger partial charge in [-0.05, 0) is 50.6 Å². The summed E-state index contributed by atoms with van der Waals surface area (Å²) in [5.74, 6) is 1.23. The number of piperidine rings is 1. The zero-order valence-electron chi connectivity index (χ0n) is 13.9. The Morgan fingerprint density at radius 3 is 2.91 bits per heavy atom. The molecule has 1 fully saturated rings. The van der Waals surface area contributed by atoms with Crippen LogP contribution in [0.5, 0.6) is 11.5 Å². The van der Waals surface area contributed by atoms with Crippen molar-refractivity contribution in [1.82, 2.24) is 4.90 Å². The molecule has 1 aromatic carbocycles. The van der Waals surface area contributed by atoms with Gasteiger partial charge in [0.25, 0.3) is 0 Å². The average Bonchev–Trinajstić information content (AvgIpc) is 2.52. The fraction of sp³-hybridized carbons (Fsp3) is 0.526. The summed E-state index contributed by atoms with van der Waals surface area (Å²) in [4.78, 5) is 14.9. The van der Waals surface area contributed by atoms with Crippen LogP contribution in [0.2, 0.25) is 0 Å². The smallest absolute Gasteiger partial charge is 0.161 e. The second-order valence-corrected chi connectivity index (χ2v) is 7.28. The number of methoxy groups -OCH3 is 1. The first-order valence-corrected chi connectivity index (χ1v) is 8.29. The number of ether oxygens (including phenoxy) is 1. The van der Waals surface area contributed by atoms with Gasteiger partial charge in [0.15, 0.2) is 17.3 Å². The molecule has 0 radical (unpaired) electrons. The molecule has 1 saturated heterocycles. The number of carbonyl (C=O) groups excluding carboxylic acids is 1. The lowest BCUT2D eigenvalue weighted by Crippen LogP contribution is -2.60. The van der Waals surface area contributed by atoms with E-state index in [1.165, 1.54) is 0 Å². The molecule has 0 amide bonds. The molecule has 3 atom stereocenters. The predicted octanol–water partition coefficient (Wildman–Crippen LogP) is 2.43. The summed E-state index contributed by atoms with van der Waals surface area (Å²) in [5, 5.41) is 10.8. The van der Waals surface area contributed by atoms with Crippen LogP contribution >= 0.6 is 0 Å². The van der Waals surface area contributed by atoms with Crippen LogP contribution in [0.3, 0.4) is 0 Å². The Labute approximate surface area is 136 Å². The van der Waals surface area contributed by atoms with Crippen LogP contribution in [-0.4, -0.2) is 42.5 Å². The summed E-state index contributed by atoms with van der Waals surface area (Å²) < 4.78 is 5.33. The van der Waals surface area contributed by atoms with Crippen molar-refractivity contribution in [2.45, 2.75) is 37.6 Å². The average molecular weight is 313 g/mol. The Hall–Kier alpha value is -1.81. The first kappa shape index (κ1) is 14.8. The van der Waals surface area contributed by atoms with Gasteiger partial charge in [-0.25, -0.2) is 0 Å². The first-order valence-electron chi connectivity index (χ1n) is 8.29. The van der Waals surface area contributed by atoms with E-state index >= 15 is 0 Å². The molecule has 4 nitrogen and oxygen atoms in total. The number of fused-ring (bicyclic) bond motifs is 1. The molecule has 0 aromatic heterocycles. The van der Waals surface area contributed by atoms with Crippen LogP contribution in [0.4, 0.5) is 0 Å². The van der Waals surface area contributed by atoms with E-state index in [-0.39, 0.29) is 22.9 Å². The Morgan fingerprint density at radius 1 is 1.39 bits per heavy atom. The number of phenols is 1. The number of ketones is 1. The van der Waals surface area contributed by atoms with Crippen molar-refractivity contribution in [2.24, 2.45) is 5.92 Å². The van der Waals surface area contributed by atoms with Gasteiger partial charge in [0, 0.05) is 29.4 Å². The molecule has 1 heterocycles. The largest absolute Gasteiger partial charge is 0.504 e. The number of carbonyl (C=O) groups is 1. The van der Waals surface area contributed by atoms with Crippen molar-refractivity contribution in [2.75, 3.05) is 20.7 Å². The summed E-state index contributed by atoms with van der Waals surface area (Å²) in [7, 11) is 3.75. The molecule has 4 rings (SSSR count). The highest BCUT2D eigenvalue weighted by molar-refractivity contribution is 5.97. The highest BCUT2D eigenvalue weighted by Gasteiger charge is 2.55. The second kappa shape index (κ2) is 4.84. The quantitative estimate of drug-likeness (QED) is 0.865. The lowest BCUT2D eigenvalue weighted by atomic mass is 9.53. The van der Waals surface area contributed by atoms with Crippen molar-refractivity contribution in [3.8, 4) is 11.5 Å². The zero-order chi connectivity index (χ0) is 16.4. The monoisotopic (exact) mass is 313 g/mol. The minimum absolute atomic E-state index is 0.208. The van der Waals surface area contributed by atoms with Crippen LogP contribution in [0.15, 0.2) is 23.8 Å². The number of nitrogens with zero attached hydrogens (tertiary/aromatic N) is 1. The van der Waals surface area contributed by atoms with Gasteiger partial charge >= 0.3 is 0 Å². The SMILES string of the molecule is COc1ccc2c(c1O)[C@]13CCN(C)[C@H](C2)[C@@H]1C=C(C)C(=O)C3. The maximum atomic E-state index is 12.5. The number of phenolic OH excluding ortho intramolecular Hbond substituents is 1. The summed E-state index contributed by atoms with van der Waals surface area (Å²) in [6, 6.07) is 4.30. The van der Waals surface area contributed by atoms with Gasteiger partial charge in [0.1, 0.15) is 0 Å². The van der Waals surface area contributed by atoms with Gasteiger partial charge < -0.3 is 14.7 Å². The van der Waals surface area contributed by atoms with E-state index in [4.69, 9.17) is 4.74 Å². The molecule has 0 spiro atoms. The Morgan fingerprint density at radius 2 is 2.17 bits per heavy atom. The van der Waals surface area contributed by atoms with Crippen molar-refractivity contribution >= 4 is 5.78 Å². The Balaban J connectivity index is 1.99. The number of hydrogen-bond donors (Lipinski definition) is 1. The highest BCUT2D eigenvalue weighted by atomic mass is 16.5. The molecule has 1 aromatic rings. The van der Waals surface area contributed by atoms with Crippen LogP contribution in [0.1, 0.15) is 30.9 Å². The van der Waals surface area contributed by atoms with E-state index in [9.17, 15) is 9.90 Å². The molecule has 2 bridgehead atoms. The minimum Gasteiger partial charge on any atom is -0.504 e. The van der Waals surface area contributed by atoms with Crippen LogP contribution < -0.4 is 4.74 Å². The van der Waals surface area contributed by atoms with Gasteiger partial charge in [-0.1, -0.05) is 12.1 Å². The Bertz CT molecular complexity index is 724. The molecule has 1 N–H and O–H groups in total. The van der Waals surface area contributed by atoms with Gasteiger partial charge in [0.2, 0.25) is 0 Å². The second-order valence-electron chi connectivity index (χ2n) is 7.28. The van der Waals surface area contributed by atoms with Crippen LogP contribution in [0, 0.1) is 5.92 Å². The topological polar surface area (TPSA) is 49.8 Å². The number of benzene rings is 1. The number of likely N-dealkylation sites (N-methyl/N-ethyl adjacent to an activating group) is 1. The van der Waals surface area contributed by atoms with E-state index in [1.807, 2.05) is 13.0 Å². The third kappa shape index (κ3) is 1.84. The number of likely N-dealkylation sites (tertiary alicyclic amines) is 1. The third-order valence-electron chi connectivity index (χ3n) is 6.25. The Kier molecular flexibility index (Phi) is 3.11. The number of allylic oxidation sites excluding steroid dienone is 1. The fourth-order valence-corrected chi connectivity index (χ4v) is 5.01. The normalized spacial score (nSPS) is 32.8. The maximum absolute atomic E-state index is 12.5. The molecular formula is C19H23NO3. The summed E-state index contributed by atoms with van der Waals surface area (Å²) in [6.45, 7) is 2.88. The maximum Gasteiger partial charge on any atom is 0.161 e. The predicted molar refractivity (Wildman–Crippen MR) is 87.9 cm³/mol. The van der Waals surface area contributed by atoms with Crippen molar-refractivity contribution in [3.05, 3.63) is 34.9 Å². The van der Waals surface area contributed by atoms with Gasteiger partial charge in [-0.2, -0.15) is 0 Å². The molecule has 2 aliphatic carbocycles. The van der Waals surface area contributed by atoms with E-state index < -0.39 is 0 Å². The summed E-state index contributed by atoms with van der Waals surface area (Å²) in [6.07, 6.45) is 4.47. The molecule has 23 heavy (non-hydrogen) atoms. The van der Waals surface area contributed by atoms with Crippen molar-refractivity contribution < 1.29 is 14.6 Å². The number of aromatic hydroxyl groups is 1. The van der Waals surface area contributed by atoms with Gasteiger partial charge in [-0.15, -0.1) is 0 Å². The number of Topliss-reactive ketones (excluding diaryl/α,β-unsaturated/α-hetero) is 1. The molecule has 4 heteroatoms. The highest BCUT2D eigenvalue weighted by Crippen LogP contribution is 2.57. The van der Waals surface area contributed by atoms with E-state index in [0.29, 0.717) is 18.2 Å².